The van der Waals surface area contributed by atoms with Gasteiger partial charge in [0.2, 0.25) is 0 Å². The molecule has 0 aliphatic heterocycles. The van der Waals surface area contributed by atoms with Crippen LogP contribution in [0.2, 0.25) is 0 Å². The van der Waals surface area contributed by atoms with E-state index in [2.05, 4.69) is 32.9 Å². The molecule has 6 nitrogen and oxygen atoms in total. The van der Waals surface area contributed by atoms with Crippen LogP contribution in [0, 0.1) is 0 Å². The van der Waals surface area contributed by atoms with Crippen LogP contribution in [0.1, 0.15) is 303 Å². The summed E-state index contributed by atoms with van der Waals surface area (Å²) in [6.45, 7) is 6.77. The first kappa shape index (κ1) is 60.5. The van der Waals surface area contributed by atoms with Crippen LogP contribution in [0.15, 0.2) is 12.2 Å². The Morgan fingerprint density at radius 3 is 0.586 bits per heavy atom. The summed E-state index contributed by atoms with van der Waals surface area (Å²) in [5, 5.41) is 25.5. The normalized spacial score (nSPS) is 10.9. The summed E-state index contributed by atoms with van der Waals surface area (Å²) in [5.74, 6) is -1.97. The molecule has 6 heteroatoms. The molecular formula is C52H102O6. The molecule has 3 N–H and O–H groups in total. The standard InChI is InChI=1S/C22H44O2.C18H34O2.C12H24O2/c1-2-3-4-5-6-7-8-9-10-11-12-13-14-15-16-17-18-19-20-21-22(23)24;1-2-3-4-5-6-7-8-9-10-11-12-13-14-15-16-17-18(19)20;1-2-3-4-5-6-7-8-9-10-11-12(13)14/h2-21H2,1H3,(H,23,24);9-10H,2-8,11-17H2,1H3,(H,19,20);2-11H2,1H3,(H,13,14)/b;10-9-;. The van der Waals surface area contributed by atoms with Gasteiger partial charge in [0, 0.05) is 19.3 Å². The molecule has 0 amide bonds. The van der Waals surface area contributed by atoms with Crippen molar-refractivity contribution in [2.75, 3.05) is 0 Å². The van der Waals surface area contributed by atoms with E-state index in [9.17, 15) is 14.4 Å². The maximum absolute atomic E-state index is 10.4. The predicted octanol–water partition coefficient (Wildman–Crippen LogP) is 18.0. The van der Waals surface area contributed by atoms with E-state index >= 15 is 0 Å². The van der Waals surface area contributed by atoms with Gasteiger partial charge in [0.25, 0.3) is 0 Å². The average Bonchev–Trinajstić information content (AvgIpc) is 3.20. The Balaban J connectivity index is -0.000000810. The van der Waals surface area contributed by atoms with E-state index in [-0.39, 0.29) is 0 Å². The molecule has 0 aliphatic rings. The molecule has 0 aromatic rings. The number of hydrogen-bond donors (Lipinski definition) is 3. The van der Waals surface area contributed by atoms with Gasteiger partial charge in [0.15, 0.2) is 0 Å². The highest BCUT2D eigenvalue weighted by atomic mass is 16.4. The van der Waals surface area contributed by atoms with Crippen LogP contribution >= 0.6 is 0 Å². The zero-order valence-corrected chi connectivity index (χ0v) is 39.3. The first-order valence-electron chi connectivity index (χ1n) is 25.6. The Bertz CT molecular complexity index is 825. The molecular weight excluding hydrogens is 721 g/mol. The highest BCUT2D eigenvalue weighted by molar-refractivity contribution is 5.67. The van der Waals surface area contributed by atoms with Crippen molar-refractivity contribution in [1.29, 1.82) is 0 Å². The Morgan fingerprint density at radius 1 is 0.259 bits per heavy atom. The molecule has 0 aromatic carbocycles. The SMILES string of the molecule is CCCCCCCC/C=C\CCCCCCCC(=O)O.CCCCCCCCCCCC(=O)O.CCCCCCCCCCCCCCCCCCCCCC(=O)O. The number of unbranched alkanes of at least 4 members (excludes halogenated alkanes) is 37. The second kappa shape index (κ2) is 57.2. The third kappa shape index (κ3) is 68.8. The van der Waals surface area contributed by atoms with Gasteiger partial charge in [-0.1, -0.05) is 251 Å². The van der Waals surface area contributed by atoms with Crippen LogP contribution in [0.25, 0.3) is 0 Å². The summed E-state index contributed by atoms with van der Waals surface area (Å²) in [5.41, 5.74) is 0. The second-order valence-electron chi connectivity index (χ2n) is 17.2. The lowest BCUT2D eigenvalue weighted by atomic mass is 10.0. The van der Waals surface area contributed by atoms with Crippen LogP contribution in [0.3, 0.4) is 0 Å². The molecule has 0 rings (SSSR count). The molecule has 0 unspecified atom stereocenters. The number of allylic oxidation sites excluding steroid dienone is 2. The van der Waals surface area contributed by atoms with E-state index in [1.165, 1.54) is 225 Å². The van der Waals surface area contributed by atoms with Crippen LogP contribution < -0.4 is 0 Å². The fraction of sp³-hybridized carbons (Fsp3) is 0.904. The van der Waals surface area contributed by atoms with E-state index in [1.807, 2.05) is 0 Å². The number of carboxylic acids is 3. The van der Waals surface area contributed by atoms with Crippen molar-refractivity contribution >= 4 is 17.9 Å². The predicted molar refractivity (Wildman–Crippen MR) is 252 cm³/mol. The van der Waals surface area contributed by atoms with Gasteiger partial charge in [0.05, 0.1) is 0 Å². The van der Waals surface area contributed by atoms with Gasteiger partial charge >= 0.3 is 17.9 Å². The van der Waals surface area contributed by atoms with Crippen LogP contribution in [-0.2, 0) is 14.4 Å². The van der Waals surface area contributed by atoms with Crippen LogP contribution in [0.4, 0.5) is 0 Å². The summed E-state index contributed by atoms with van der Waals surface area (Å²) < 4.78 is 0. The molecule has 0 radical (unpaired) electrons. The molecule has 0 bridgehead atoms. The van der Waals surface area contributed by atoms with Crippen molar-refractivity contribution in [3.63, 3.8) is 0 Å². The molecule has 0 fully saturated rings. The number of carbonyl (C=O) groups is 3. The van der Waals surface area contributed by atoms with Crippen molar-refractivity contribution in [2.45, 2.75) is 303 Å². The van der Waals surface area contributed by atoms with Gasteiger partial charge in [-0.3, -0.25) is 14.4 Å². The van der Waals surface area contributed by atoms with Crippen LogP contribution in [0.5, 0.6) is 0 Å². The minimum atomic E-state index is -0.664. The zero-order chi connectivity index (χ0) is 43.3. The Labute approximate surface area is 362 Å². The maximum atomic E-state index is 10.4. The summed E-state index contributed by atoms with van der Waals surface area (Å²) in [6.07, 6.45) is 58.8. The molecule has 0 saturated carbocycles. The number of hydrogen-bond acceptors (Lipinski definition) is 3. The minimum absolute atomic E-state index is 0.332. The van der Waals surface area contributed by atoms with Crippen molar-refractivity contribution in [2.24, 2.45) is 0 Å². The summed E-state index contributed by atoms with van der Waals surface area (Å²) >= 11 is 0. The fourth-order valence-corrected chi connectivity index (χ4v) is 7.29. The molecule has 0 saturated heterocycles. The highest BCUT2D eigenvalue weighted by Crippen LogP contribution is 2.15. The van der Waals surface area contributed by atoms with Crippen LogP contribution in [-0.4, -0.2) is 33.2 Å². The van der Waals surface area contributed by atoms with E-state index in [4.69, 9.17) is 15.3 Å². The van der Waals surface area contributed by atoms with E-state index in [0.717, 1.165) is 38.5 Å². The molecule has 0 atom stereocenters. The lowest BCUT2D eigenvalue weighted by molar-refractivity contribution is -0.138. The van der Waals surface area contributed by atoms with Gasteiger partial charge in [-0.2, -0.15) is 0 Å². The Kier molecular flexibility index (Phi) is 59.7. The van der Waals surface area contributed by atoms with Gasteiger partial charge in [0.1, 0.15) is 0 Å². The fourth-order valence-electron chi connectivity index (χ4n) is 7.29. The smallest absolute Gasteiger partial charge is 0.303 e. The molecule has 0 aromatic heterocycles. The van der Waals surface area contributed by atoms with Gasteiger partial charge < -0.3 is 15.3 Å². The summed E-state index contributed by atoms with van der Waals surface area (Å²) in [6, 6.07) is 0. The van der Waals surface area contributed by atoms with Crippen molar-refractivity contribution in [3.8, 4) is 0 Å². The molecule has 0 spiro atoms. The van der Waals surface area contributed by atoms with Gasteiger partial charge in [-0.25, -0.2) is 0 Å². The Morgan fingerprint density at radius 2 is 0.414 bits per heavy atom. The highest BCUT2D eigenvalue weighted by Gasteiger charge is 1.99. The third-order valence-electron chi connectivity index (χ3n) is 11.1. The molecule has 58 heavy (non-hydrogen) atoms. The largest absolute Gasteiger partial charge is 0.481 e. The lowest BCUT2D eigenvalue weighted by Crippen LogP contribution is -1.93. The van der Waals surface area contributed by atoms with E-state index in [0.29, 0.717) is 19.3 Å². The number of rotatable bonds is 45. The molecule has 346 valence electrons. The second-order valence-corrected chi connectivity index (χ2v) is 17.2. The zero-order valence-electron chi connectivity index (χ0n) is 39.3. The first-order valence-corrected chi connectivity index (χ1v) is 25.6. The lowest BCUT2D eigenvalue weighted by Gasteiger charge is -2.03. The van der Waals surface area contributed by atoms with Gasteiger partial charge in [-0.15, -0.1) is 0 Å². The molecule has 0 aliphatic carbocycles. The van der Waals surface area contributed by atoms with Gasteiger partial charge in [-0.05, 0) is 44.9 Å². The maximum Gasteiger partial charge on any atom is 0.303 e. The summed E-state index contributed by atoms with van der Waals surface area (Å²) in [4.78, 5) is 30.9. The first-order chi connectivity index (χ1) is 28.3. The van der Waals surface area contributed by atoms with Crippen molar-refractivity contribution in [1.82, 2.24) is 0 Å². The Hall–Kier alpha value is -1.85. The van der Waals surface area contributed by atoms with E-state index in [1.54, 1.807) is 0 Å². The molecule has 0 heterocycles. The third-order valence-corrected chi connectivity index (χ3v) is 11.1. The number of carboxylic acid groups (broad SMARTS) is 3. The average molecular weight is 823 g/mol. The monoisotopic (exact) mass is 823 g/mol. The topological polar surface area (TPSA) is 112 Å². The van der Waals surface area contributed by atoms with Crippen molar-refractivity contribution < 1.29 is 29.7 Å². The van der Waals surface area contributed by atoms with E-state index < -0.39 is 17.9 Å². The van der Waals surface area contributed by atoms with Crippen molar-refractivity contribution in [3.05, 3.63) is 12.2 Å². The summed E-state index contributed by atoms with van der Waals surface area (Å²) in [7, 11) is 0. The minimum Gasteiger partial charge on any atom is -0.481 e. The number of aliphatic carboxylic acids is 3. The quantitative estimate of drug-likeness (QED) is 0.0417.